The van der Waals surface area contributed by atoms with Gasteiger partial charge >= 0.3 is 0 Å². The normalized spacial score (nSPS) is 22.0. The van der Waals surface area contributed by atoms with E-state index in [1.165, 1.54) is 0 Å². The van der Waals surface area contributed by atoms with Gasteiger partial charge in [0, 0.05) is 60.8 Å². The van der Waals surface area contributed by atoms with Gasteiger partial charge in [-0.25, -0.2) is 0 Å². The van der Waals surface area contributed by atoms with E-state index in [1.807, 2.05) is 32.2 Å². The van der Waals surface area contributed by atoms with E-state index in [2.05, 4.69) is 46.9 Å². The molecule has 3 aliphatic rings. The Bertz CT molecular complexity index is 1210. The summed E-state index contributed by atoms with van der Waals surface area (Å²) in [5.74, 6) is 0.883. The first-order chi connectivity index (χ1) is 15.9. The van der Waals surface area contributed by atoms with Crippen LogP contribution < -0.4 is 0 Å². The molecule has 0 aliphatic carbocycles. The number of piperazine rings is 1. The van der Waals surface area contributed by atoms with E-state index in [-0.39, 0.29) is 11.8 Å². The Morgan fingerprint density at radius 3 is 2.61 bits per heavy atom. The topological polar surface area (TPSA) is 52.8 Å². The highest BCUT2D eigenvalue weighted by Gasteiger charge is 2.26. The predicted octanol–water partition coefficient (Wildman–Crippen LogP) is 4.63. The number of aryl methyl sites for hydroxylation is 2. The zero-order valence-corrected chi connectivity index (χ0v) is 20.0. The number of carbonyl (C=O) groups is 1. The summed E-state index contributed by atoms with van der Waals surface area (Å²) in [7, 11) is 0. The molecular formula is C27H32N4O2. The van der Waals surface area contributed by atoms with Gasteiger partial charge in [-0.05, 0) is 57.0 Å². The Hall–Kier alpha value is -3.12. The van der Waals surface area contributed by atoms with Crippen LogP contribution in [-0.4, -0.2) is 58.3 Å². The third-order valence-electron chi connectivity index (χ3n) is 6.96. The summed E-state index contributed by atoms with van der Waals surface area (Å²) in [6.07, 6.45) is 11.0. The Morgan fingerprint density at radius 2 is 1.85 bits per heavy atom. The van der Waals surface area contributed by atoms with Crippen LogP contribution in [0.25, 0.3) is 16.5 Å². The number of likely N-dealkylation sites (N-methyl/N-ethyl adjacent to an activating group) is 1. The Morgan fingerprint density at radius 1 is 1.09 bits per heavy atom. The van der Waals surface area contributed by atoms with Gasteiger partial charge in [0.25, 0.3) is 5.91 Å². The van der Waals surface area contributed by atoms with E-state index in [0.717, 1.165) is 84.2 Å². The molecule has 5 rings (SSSR count). The van der Waals surface area contributed by atoms with Crippen molar-refractivity contribution in [3.8, 4) is 0 Å². The van der Waals surface area contributed by atoms with Gasteiger partial charge in [0.2, 0.25) is 0 Å². The summed E-state index contributed by atoms with van der Waals surface area (Å²) < 4.78 is 6.22. The highest BCUT2D eigenvalue weighted by molar-refractivity contribution is 5.98. The van der Waals surface area contributed by atoms with Crippen LogP contribution in [0, 0.1) is 19.8 Å². The second kappa shape index (κ2) is 8.67. The highest BCUT2D eigenvalue weighted by Crippen LogP contribution is 2.35. The number of hydrogen-bond acceptors (Lipinski definition) is 5. The zero-order valence-electron chi connectivity index (χ0n) is 20.0. The van der Waals surface area contributed by atoms with Crippen molar-refractivity contribution in [3.05, 3.63) is 71.2 Å². The summed E-state index contributed by atoms with van der Waals surface area (Å²) in [6, 6.07) is 4.08. The van der Waals surface area contributed by atoms with Gasteiger partial charge in [0.05, 0.1) is 11.4 Å². The molecule has 3 aliphatic heterocycles. The molecule has 0 aromatic carbocycles. The molecule has 2 aromatic heterocycles. The van der Waals surface area contributed by atoms with Crippen molar-refractivity contribution in [1.29, 1.82) is 0 Å². The summed E-state index contributed by atoms with van der Waals surface area (Å²) in [5, 5.41) is 1.03. The van der Waals surface area contributed by atoms with Crippen LogP contribution in [0.2, 0.25) is 0 Å². The van der Waals surface area contributed by atoms with Crippen molar-refractivity contribution in [2.75, 3.05) is 32.7 Å². The molecule has 1 fully saturated rings. The Kier molecular flexibility index (Phi) is 5.71. The van der Waals surface area contributed by atoms with Gasteiger partial charge in [0.1, 0.15) is 5.76 Å². The molecule has 0 saturated carbocycles. The van der Waals surface area contributed by atoms with E-state index in [9.17, 15) is 4.79 Å². The third-order valence-corrected chi connectivity index (χ3v) is 6.96. The fourth-order valence-corrected chi connectivity index (χ4v) is 4.96. The molecule has 1 atom stereocenters. The standard InChI is InChI=1S/C27H32N4O2/c1-5-29-10-12-30(13-11-29)23-9-8-22-7-6-18(2)24(16-26(32)31(22)17-23)25-15-21-14-19(3)28-20(4)27(21)33-25/h7-9,14-18H,5-6,10-13H2,1-4H3. The van der Waals surface area contributed by atoms with Crippen LogP contribution in [0.3, 0.4) is 0 Å². The van der Waals surface area contributed by atoms with Crippen LogP contribution in [0.5, 0.6) is 0 Å². The molecule has 0 N–H and O–H groups in total. The number of furan rings is 1. The first-order valence-electron chi connectivity index (χ1n) is 11.9. The Labute approximate surface area is 195 Å². The average molecular weight is 445 g/mol. The monoisotopic (exact) mass is 444 g/mol. The minimum Gasteiger partial charge on any atom is -0.455 e. The van der Waals surface area contributed by atoms with Crippen LogP contribution in [0.1, 0.15) is 37.4 Å². The number of rotatable bonds is 3. The lowest BCUT2D eigenvalue weighted by Crippen LogP contribution is -2.46. The highest BCUT2D eigenvalue weighted by atomic mass is 16.3. The summed E-state index contributed by atoms with van der Waals surface area (Å²) >= 11 is 0. The van der Waals surface area contributed by atoms with Gasteiger partial charge in [-0.3, -0.25) is 14.7 Å². The van der Waals surface area contributed by atoms with Crippen molar-refractivity contribution in [2.24, 2.45) is 5.92 Å². The number of hydrogen-bond donors (Lipinski definition) is 0. The second-order valence-electron chi connectivity index (χ2n) is 9.26. The van der Waals surface area contributed by atoms with Crippen LogP contribution in [0.15, 0.2) is 58.4 Å². The lowest BCUT2D eigenvalue weighted by Gasteiger charge is -2.38. The minimum absolute atomic E-state index is 0.0386. The van der Waals surface area contributed by atoms with Crippen molar-refractivity contribution in [2.45, 2.75) is 34.1 Å². The SMILES string of the molecule is CCN1CCN(C2=CN3C(=O)C=C(c4cc5cc(C)nc(C)c5o4)C(C)CC=C3C=C2)CC1. The van der Waals surface area contributed by atoms with Crippen LogP contribution in [-0.2, 0) is 4.79 Å². The molecule has 0 bridgehead atoms. The van der Waals surface area contributed by atoms with Crippen molar-refractivity contribution < 1.29 is 9.21 Å². The van der Waals surface area contributed by atoms with Crippen LogP contribution >= 0.6 is 0 Å². The molecule has 1 unspecified atom stereocenters. The third kappa shape index (κ3) is 4.15. The lowest BCUT2D eigenvalue weighted by atomic mass is 9.92. The largest absolute Gasteiger partial charge is 0.455 e. The van der Waals surface area contributed by atoms with E-state index in [1.54, 1.807) is 11.0 Å². The molecule has 0 radical (unpaired) electrons. The predicted molar refractivity (Wildman–Crippen MR) is 131 cm³/mol. The summed E-state index contributed by atoms with van der Waals surface area (Å²) in [5.41, 5.74) is 5.61. The fourth-order valence-electron chi connectivity index (χ4n) is 4.96. The van der Waals surface area contributed by atoms with Crippen LogP contribution in [0.4, 0.5) is 0 Å². The minimum atomic E-state index is -0.0386. The quantitative estimate of drug-likeness (QED) is 0.691. The van der Waals surface area contributed by atoms with E-state index in [4.69, 9.17) is 4.42 Å². The molecule has 1 amide bonds. The average Bonchev–Trinajstić information content (AvgIpc) is 3.24. The summed E-state index contributed by atoms with van der Waals surface area (Å²) in [6.45, 7) is 13.5. The number of fused-ring (bicyclic) bond motifs is 2. The number of pyridine rings is 1. The molecular weight excluding hydrogens is 412 g/mol. The zero-order chi connectivity index (χ0) is 23.1. The molecule has 0 spiro atoms. The van der Waals surface area contributed by atoms with Crippen molar-refractivity contribution in [3.63, 3.8) is 0 Å². The Balaban J connectivity index is 1.45. The number of aromatic nitrogens is 1. The van der Waals surface area contributed by atoms with E-state index >= 15 is 0 Å². The maximum absolute atomic E-state index is 13.4. The van der Waals surface area contributed by atoms with Gasteiger partial charge in [-0.15, -0.1) is 0 Å². The molecule has 1 saturated heterocycles. The van der Waals surface area contributed by atoms with E-state index < -0.39 is 0 Å². The number of nitrogens with zero attached hydrogens (tertiary/aromatic N) is 4. The maximum atomic E-state index is 13.4. The number of amides is 1. The fraction of sp³-hybridized carbons (Fsp3) is 0.407. The first kappa shape index (κ1) is 21.7. The number of carbonyl (C=O) groups excluding carboxylic acids is 1. The first-order valence-corrected chi connectivity index (χ1v) is 11.9. The summed E-state index contributed by atoms with van der Waals surface area (Å²) in [4.78, 5) is 24.6. The molecule has 6 nitrogen and oxygen atoms in total. The van der Waals surface area contributed by atoms with Gasteiger partial charge in [0.15, 0.2) is 5.58 Å². The smallest absolute Gasteiger partial charge is 0.255 e. The molecule has 33 heavy (non-hydrogen) atoms. The number of allylic oxidation sites excluding steroid dienone is 4. The van der Waals surface area contributed by atoms with E-state index in [0.29, 0.717) is 0 Å². The van der Waals surface area contributed by atoms with Gasteiger partial charge in [-0.2, -0.15) is 0 Å². The van der Waals surface area contributed by atoms with Crippen molar-refractivity contribution in [1.82, 2.24) is 19.7 Å². The van der Waals surface area contributed by atoms with Gasteiger partial charge < -0.3 is 14.2 Å². The molecule has 2 aromatic rings. The van der Waals surface area contributed by atoms with Crippen molar-refractivity contribution >= 4 is 22.4 Å². The maximum Gasteiger partial charge on any atom is 0.255 e. The molecule has 5 heterocycles. The van der Waals surface area contributed by atoms with Gasteiger partial charge in [-0.1, -0.05) is 19.9 Å². The molecule has 6 heteroatoms. The lowest BCUT2D eigenvalue weighted by molar-refractivity contribution is -0.122. The molecule has 172 valence electrons. The second-order valence-corrected chi connectivity index (χ2v) is 9.26.